The average molecular weight is 398 g/mol. The quantitative estimate of drug-likeness (QED) is 0.172. The normalized spacial score (nSPS) is 26.1. The zero-order valence-electron chi connectivity index (χ0n) is 14.2. The molecule has 0 aromatic rings. The van der Waals surface area contributed by atoms with Gasteiger partial charge in [-0.05, 0) is 12.7 Å². The number of carboxylic acids is 1. The van der Waals surface area contributed by atoms with Crippen molar-refractivity contribution in [1.29, 1.82) is 0 Å². The van der Waals surface area contributed by atoms with Crippen molar-refractivity contribution in [2.45, 2.75) is 30.7 Å². The maximum Gasteiger partial charge on any atom is 0.451 e. The molecule has 1 unspecified atom stereocenters. The lowest BCUT2D eigenvalue weighted by atomic mass is 9.78. The molecule has 1 heterocycles. The number of likely N-dealkylation sites (N-methyl/N-ethyl adjacent to an activating group) is 1. The van der Waals surface area contributed by atoms with E-state index < -0.39 is 40.8 Å². The van der Waals surface area contributed by atoms with Gasteiger partial charge in [0.15, 0.2) is 0 Å². The molecule has 0 aromatic heterocycles. The van der Waals surface area contributed by atoms with Gasteiger partial charge >= 0.3 is 13.1 Å². The molecule has 7 N–H and O–H groups in total. The van der Waals surface area contributed by atoms with Crippen LogP contribution in [0, 0.1) is 5.92 Å². The number of thiol groups is 1. The fourth-order valence-corrected chi connectivity index (χ4v) is 4.52. The minimum absolute atomic E-state index is 0.0485. The first kappa shape index (κ1) is 22.6. The molecule has 0 radical (unpaired) electrons. The summed E-state index contributed by atoms with van der Waals surface area (Å²) in [5.41, 5.74) is 9.99. The summed E-state index contributed by atoms with van der Waals surface area (Å²) in [5.74, 6) is -1.61. The van der Waals surface area contributed by atoms with Crippen molar-refractivity contribution in [3.63, 3.8) is 0 Å². The Bertz CT molecular complexity index is 566. The van der Waals surface area contributed by atoms with E-state index in [0.29, 0.717) is 12.2 Å². The lowest BCUT2D eigenvalue weighted by Gasteiger charge is -2.27. The molecule has 0 spiro atoms. The molecule has 0 amide bonds. The lowest BCUT2D eigenvalue weighted by molar-refractivity contribution is -0.144. The molecule has 13 heteroatoms. The fourth-order valence-electron chi connectivity index (χ4n) is 2.89. The standard InChI is InChI=1S/C12H27BN4O6S2/c1-16(6-10(14)7-24)25(22,23)17-5-9(3-2-4-13(20)21)12(15,8-17)11(18)19/h9-10,20-21,24H,2-8,14-15H2,1H3,(H,18,19)/t9-,10?,12-/m0/s1. The topological polar surface area (TPSA) is 170 Å². The summed E-state index contributed by atoms with van der Waals surface area (Å²) in [6.07, 6.45) is 0.658. The van der Waals surface area contributed by atoms with Crippen molar-refractivity contribution in [2.75, 3.05) is 32.4 Å². The van der Waals surface area contributed by atoms with Gasteiger partial charge in [-0.3, -0.25) is 4.79 Å². The summed E-state index contributed by atoms with van der Waals surface area (Å²) >= 11 is 4.02. The highest BCUT2D eigenvalue weighted by Gasteiger charge is 2.52. The molecule has 0 aliphatic carbocycles. The van der Waals surface area contributed by atoms with E-state index in [9.17, 15) is 18.3 Å². The second-order valence-electron chi connectivity index (χ2n) is 6.48. The minimum atomic E-state index is -3.91. The lowest BCUT2D eigenvalue weighted by Crippen LogP contribution is -2.55. The Morgan fingerprint density at radius 1 is 1.52 bits per heavy atom. The van der Waals surface area contributed by atoms with Crippen molar-refractivity contribution in [2.24, 2.45) is 17.4 Å². The van der Waals surface area contributed by atoms with Crippen molar-refractivity contribution in [3.05, 3.63) is 0 Å². The van der Waals surface area contributed by atoms with Crippen LogP contribution < -0.4 is 11.5 Å². The highest BCUT2D eigenvalue weighted by molar-refractivity contribution is 7.86. The van der Waals surface area contributed by atoms with Gasteiger partial charge < -0.3 is 26.6 Å². The third kappa shape index (κ3) is 5.53. The Morgan fingerprint density at radius 2 is 2.12 bits per heavy atom. The molecule has 0 bridgehead atoms. The van der Waals surface area contributed by atoms with Gasteiger partial charge in [0.1, 0.15) is 5.54 Å². The number of hydrogen-bond donors (Lipinski definition) is 6. The van der Waals surface area contributed by atoms with Crippen LogP contribution in [-0.4, -0.2) is 89.3 Å². The third-order valence-electron chi connectivity index (χ3n) is 4.45. The number of carbonyl (C=O) groups is 1. The SMILES string of the molecule is CN(CC(N)CS)S(=O)(=O)N1C[C@H](CCCB(O)O)[C@](N)(C(=O)O)C1. The summed E-state index contributed by atoms with van der Waals surface area (Å²) in [7, 11) is -4.04. The zero-order chi connectivity index (χ0) is 19.4. The third-order valence-corrected chi connectivity index (χ3v) is 6.79. The minimum Gasteiger partial charge on any atom is -0.480 e. The van der Waals surface area contributed by atoms with E-state index in [2.05, 4.69) is 12.6 Å². The molecule has 1 aliphatic heterocycles. The molecule has 0 aromatic carbocycles. The summed E-state index contributed by atoms with van der Waals surface area (Å²) in [4.78, 5) is 11.6. The van der Waals surface area contributed by atoms with Gasteiger partial charge in [0.05, 0.1) is 0 Å². The van der Waals surface area contributed by atoms with Crippen LogP contribution in [0.15, 0.2) is 0 Å². The van der Waals surface area contributed by atoms with Gasteiger partial charge in [0, 0.05) is 44.4 Å². The summed E-state index contributed by atoms with van der Waals surface area (Å²) in [5, 5.41) is 27.3. The van der Waals surface area contributed by atoms with E-state index in [1.54, 1.807) is 0 Å². The van der Waals surface area contributed by atoms with Crippen LogP contribution in [0.3, 0.4) is 0 Å². The molecule has 146 valence electrons. The Kier molecular flexibility index (Phi) is 8.14. The predicted octanol–water partition coefficient (Wildman–Crippen LogP) is -2.61. The summed E-state index contributed by atoms with van der Waals surface area (Å²) in [6.45, 7) is -0.348. The first-order valence-electron chi connectivity index (χ1n) is 7.91. The van der Waals surface area contributed by atoms with E-state index in [1.807, 2.05) is 0 Å². The smallest absolute Gasteiger partial charge is 0.451 e. The number of hydrogen-bond acceptors (Lipinski definition) is 8. The van der Waals surface area contributed by atoms with E-state index in [4.69, 9.17) is 21.5 Å². The Labute approximate surface area is 153 Å². The second-order valence-corrected chi connectivity index (χ2v) is 8.88. The highest BCUT2D eigenvalue weighted by Crippen LogP contribution is 2.32. The molecule has 1 aliphatic rings. The monoisotopic (exact) mass is 398 g/mol. The molecule has 1 saturated heterocycles. The van der Waals surface area contributed by atoms with E-state index >= 15 is 0 Å². The van der Waals surface area contributed by atoms with Crippen LogP contribution in [0.4, 0.5) is 0 Å². The van der Waals surface area contributed by atoms with Crippen LogP contribution >= 0.6 is 12.6 Å². The molecular formula is C12H27BN4O6S2. The Hall–Kier alpha value is -0.405. The average Bonchev–Trinajstić information content (AvgIpc) is 2.86. The maximum absolute atomic E-state index is 12.7. The van der Waals surface area contributed by atoms with Gasteiger partial charge in [0.25, 0.3) is 10.2 Å². The van der Waals surface area contributed by atoms with Gasteiger partial charge in [-0.15, -0.1) is 0 Å². The maximum atomic E-state index is 12.7. The van der Waals surface area contributed by atoms with Gasteiger partial charge in [0.2, 0.25) is 0 Å². The molecule has 0 saturated carbocycles. The molecule has 10 nitrogen and oxygen atoms in total. The van der Waals surface area contributed by atoms with Crippen molar-refractivity contribution < 1.29 is 28.4 Å². The Balaban J connectivity index is 2.90. The molecule has 1 rings (SSSR count). The highest BCUT2D eigenvalue weighted by atomic mass is 32.2. The van der Waals surface area contributed by atoms with Gasteiger partial charge in [-0.25, -0.2) is 0 Å². The molecule has 3 atom stereocenters. The predicted molar refractivity (Wildman–Crippen MR) is 97.2 cm³/mol. The van der Waals surface area contributed by atoms with Gasteiger partial charge in [-0.2, -0.15) is 29.7 Å². The first-order chi connectivity index (χ1) is 11.4. The van der Waals surface area contributed by atoms with E-state index in [-0.39, 0.29) is 32.4 Å². The van der Waals surface area contributed by atoms with Crippen molar-refractivity contribution >= 4 is 35.9 Å². The Morgan fingerprint density at radius 3 is 2.60 bits per heavy atom. The van der Waals surface area contributed by atoms with Crippen molar-refractivity contribution in [3.8, 4) is 0 Å². The summed E-state index contributed by atoms with van der Waals surface area (Å²) in [6, 6.07) is -0.449. The largest absolute Gasteiger partial charge is 0.480 e. The number of nitrogens with zero attached hydrogens (tertiary/aromatic N) is 2. The second kappa shape index (κ2) is 8.99. The van der Waals surface area contributed by atoms with Crippen molar-refractivity contribution in [1.82, 2.24) is 8.61 Å². The van der Waals surface area contributed by atoms with E-state index in [1.165, 1.54) is 7.05 Å². The number of nitrogens with two attached hydrogens (primary N) is 2. The molecule has 1 fully saturated rings. The number of carboxylic acid groups (broad SMARTS) is 1. The zero-order valence-corrected chi connectivity index (χ0v) is 15.9. The van der Waals surface area contributed by atoms with Crippen LogP contribution in [0.25, 0.3) is 0 Å². The van der Waals surface area contributed by atoms with Crippen LogP contribution in [-0.2, 0) is 15.0 Å². The van der Waals surface area contributed by atoms with Crippen LogP contribution in [0.5, 0.6) is 0 Å². The van der Waals surface area contributed by atoms with Crippen LogP contribution in [0.1, 0.15) is 12.8 Å². The summed E-state index contributed by atoms with van der Waals surface area (Å²) < 4.78 is 27.4. The first-order valence-corrected chi connectivity index (χ1v) is 9.94. The molecule has 25 heavy (non-hydrogen) atoms. The molecular weight excluding hydrogens is 371 g/mol. The van der Waals surface area contributed by atoms with Gasteiger partial charge in [-0.1, -0.05) is 6.42 Å². The van der Waals surface area contributed by atoms with Crippen LogP contribution in [0.2, 0.25) is 6.32 Å². The van der Waals surface area contributed by atoms with E-state index in [0.717, 1.165) is 8.61 Å². The number of rotatable bonds is 10. The fraction of sp³-hybridized carbons (Fsp3) is 0.917. The number of aliphatic carboxylic acids is 1.